The van der Waals surface area contributed by atoms with Gasteiger partial charge in [0.2, 0.25) is 5.65 Å². The Labute approximate surface area is 151 Å². The summed E-state index contributed by atoms with van der Waals surface area (Å²) in [7, 11) is 1.57. The van der Waals surface area contributed by atoms with E-state index in [0.717, 1.165) is 11.1 Å². The highest BCUT2D eigenvalue weighted by Gasteiger charge is 2.15. The first-order valence-corrected chi connectivity index (χ1v) is 8.38. The van der Waals surface area contributed by atoms with Crippen LogP contribution in [0.4, 0.5) is 0 Å². The van der Waals surface area contributed by atoms with Crippen LogP contribution >= 0.6 is 0 Å². The summed E-state index contributed by atoms with van der Waals surface area (Å²) in [6, 6.07) is 5.83. The molecule has 0 radical (unpaired) electrons. The molecular formula is C19H22N4O3. The fraction of sp³-hybridized carbons (Fsp3) is 0.316. The van der Waals surface area contributed by atoms with Crippen molar-refractivity contribution in [1.29, 1.82) is 0 Å². The van der Waals surface area contributed by atoms with E-state index in [4.69, 9.17) is 4.74 Å². The van der Waals surface area contributed by atoms with E-state index in [1.54, 1.807) is 23.9 Å². The van der Waals surface area contributed by atoms with Crippen LogP contribution in [0.5, 0.6) is 0 Å². The summed E-state index contributed by atoms with van der Waals surface area (Å²) >= 11 is 0. The van der Waals surface area contributed by atoms with Gasteiger partial charge in [-0.15, -0.1) is 0 Å². The molecule has 0 saturated heterocycles. The average Bonchev–Trinajstić information content (AvgIpc) is 3.02. The molecule has 1 atom stereocenters. The highest BCUT2D eigenvalue weighted by molar-refractivity contribution is 5.93. The topological polar surface area (TPSA) is 88.5 Å². The fourth-order valence-electron chi connectivity index (χ4n) is 2.76. The van der Waals surface area contributed by atoms with Crippen molar-refractivity contribution in [2.24, 2.45) is 0 Å². The number of aryl methyl sites for hydroxylation is 2. The molecule has 7 heteroatoms. The molecule has 26 heavy (non-hydrogen) atoms. The molecule has 0 fully saturated rings. The minimum absolute atomic E-state index is 0.151. The maximum Gasteiger partial charge on any atom is 0.292 e. The van der Waals surface area contributed by atoms with Crippen LogP contribution in [-0.2, 0) is 4.74 Å². The second-order valence-corrected chi connectivity index (χ2v) is 6.48. The van der Waals surface area contributed by atoms with Crippen molar-refractivity contribution >= 4 is 11.6 Å². The first kappa shape index (κ1) is 17.9. The van der Waals surface area contributed by atoms with E-state index < -0.39 is 0 Å². The number of aromatic amines is 1. The zero-order valence-corrected chi connectivity index (χ0v) is 15.3. The Hall–Kier alpha value is -2.93. The number of ether oxygens (including phenoxy) is 1. The van der Waals surface area contributed by atoms with E-state index >= 15 is 0 Å². The molecule has 2 aromatic heterocycles. The van der Waals surface area contributed by atoms with Crippen molar-refractivity contribution in [3.8, 4) is 11.3 Å². The summed E-state index contributed by atoms with van der Waals surface area (Å²) in [6.07, 6.45) is 3.33. The smallest absolute Gasteiger partial charge is 0.292 e. The number of benzene rings is 1. The molecule has 0 saturated carbocycles. The number of rotatable bonds is 5. The summed E-state index contributed by atoms with van der Waals surface area (Å²) in [5, 5.41) is 2.79. The lowest BCUT2D eigenvalue weighted by molar-refractivity contribution is 0.0901. The molecule has 2 N–H and O–H groups in total. The molecule has 2 heterocycles. The third kappa shape index (κ3) is 3.52. The van der Waals surface area contributed by atoms with E-state index in [-0.39, 0.29) is 28.8 Å². The standard InChI is InChI=1S/C19H22N4O3/c1-11-5-6-14(7-12(11)2)15-8-23-9-16(21-17(23)19(25)22-15)18(24)20-13(3)10-26-4/h5-9,13H,10H2,1-4H3,(H,20,24)(H,22,25). The van der Waals surface area contributed by atoms with Gasteiger partial charge >= 0.3 is 0 Å². The predicted molar refractivity (Wildman–Crippen MR) is 99.5 cm³/mol. The molecule has 7 nitrogen and oxygen atoms in total. The largest absolute Gasteiger partial charge is 0.383 e. The summed E-state index contributed by atoms with van der Waals surface area (Å²) in [4.78, 5) is 31.7. The number of carbonyl (C=O) groups is 1. The fourth-order valence-corrected chi connectivity index (χ4v) is 2.76. The number of carbonyl (C=O) groups excluding carboxylic acids is 1. The summed E-state index contributed by atoms with van der Waals surface area (Å²) < 4.78 is 6.59. The lowest BCUT2D eigenvalue weighted by Gasteiger charge is -2.10. The second kappa shape index (κ2) is 7.13. The number of methoxy groups -OCH3 is 1. The third-order valence-electron chi connectivity index (χ3n) is 4.30. The number of hydrogen-bond donors (Lipinski definition) is 2. The second-order valence-electron chi connectivity index (χ2n) is 6.48. The van der Waals surface area contributed by atoms with Gasteiger partial charge in [-0.2, -0.15) is 0 Å². The van der Waals surface area contributed by atoms with Gasteiger partial charge in [0, 0.05) is 25.5 Å². The van der Waals surface area contributed by atoms with Crippen LogP contribution < -0.4 is 10.9 Å². The number of aromatic nitrogens is 3. The maximum atomic E-state index is 12.4. The SMILES string of the molecule is COCC(C)NC(=O)c1cn2cc(-c3ccc(C)c(C)c3)[nH]c(=O)c2n1. The molecule has 1 aromatic carbocycles. The Morgan fingerprint density at radius 2 is 2.08 bits per heavy atom. The van der Waals surface area contributed by atoms with Gasteiger partial charge in [-0.25, -0.2) is 4.98 Å². The number of nitrogens with one attached hydrogen (secondary N) is 2. The van der Waals surface area contributed by atoms with Crippen LogP contribution in [0.3, 0.4) is 0 Å². The van der Waals surface area contributed by atoms with Crippen LogP contribution in [0.1, 0.15) is 28.5 Å². The first-order chi connectivity index (χ1) is 12.4. The molecule has 3 rings (SSSR count). The van der Waals surface area contributed by atoms with Gasteiger partial charge < -0.3 is 15.0 Å². The van der Waals surface area contributed by atoms with Crippen LogP contribution in [0.25, 0.3) is 16.9 Å². The Bertz CT molecular complexity index is 1020. The lowest BCUT2D eigenvalue weighted by atomic mass is 10.0. The molecular weight excluding hydrogens is 332 g/mol. The Kier molecular flexibility index (Phi) is 4.90. The van der Waals surface area contributed by atoms with E-state index in [0.29, 0.717) is 12.3 Å². The number of fused-ring (bicyclic) bond motifs is 1. The van der Waals surface area contributed by atoms with Gasteiger partial charge in [-0.3, -0.25) is 14.0 Å². The van der Waals surface area contributed by atoms with Crippen molar-refractivity contribution in [2.45, 2.75) is 26.8 Å². The third-order valence-corrected chi connectivity index (χ3v) is 4.30. The Morgan fingerprint density at radius 1 is 1.31 bits per heavy atom. The number of imidazole rings is 1. The summed E-state index contributed by atoms with van der Waals surface area (Å²) in [5.74, 6) is -0.342. The van der Waals surface area contributed by atoms with Crippen LogP contribution in [0.2, 0.25) is 0 Å². The predicted octanol–water partition coefficient (Wildman–Crippen LogP) is 2.07. The molecule has 136 valence electrons. The maximum absolute atomic E-state index is 12.4. The van der Waals surface area contributed by atoms with Crippen molar-refractivity contribution in [2.75, 3.05) is 13.7 Å². The minimum atomic E-state index is -0.343. The Morgan fingerprint density at radius 3 is 2.77 bits per heavy atom. The molecule has 3 aromatic rings. The zero-order chi connectivity index (χ0) is 18.8. The number of nitrogens with zero attached hydrogens (tertiary/aromatic N) is 2. The van der Waals surface area contributed by atoms with E-state index in [9.17, 15) is 9.59 Å². The van der Waals surface area contributed by atoms with Crippen molar-refractivity contribution in [3.63, 3.8) is 0 Å². The molecule has 0 aliphatic rings. The molecule has 1 unspecified atom stereocenters. The van der Waals surface area contributed by atoms with Gasteiger partial charge in [-0.05, 0) is 43.5 Å². The van der Waals surface area contributed by atoms with E-state index in [2.05, 4.69) is 15.3 Å². The van der Waals surface area contributed by atoms with Gasteiger partial charge in [0.05, 0.1) is 12.3 Å². The minimum Gasteiger partial charge on any atom is -0.383 e. The van der Waals surface area contributed by atoms with Gasteiger partial charge in [0.1, 0.15) is 5.69 Å². The van der Waals surface area contributed by atoms with Crippen LogP contribution in [-0.4, -0.2) is 40.0 Å². The van der Waals surface area contributed by atoms with Crippen LogP contribution in [0.15, 0.2) is 35.4 Å². The molecule has 0 aliphatic heterocycles. The molecule has 0 spiro atoms. The monoisotopic (exact) mass is 354 g/mol. The summed E-state index contributed by atoms with van der Waals surface area (Å²) in [5.41, 5.74) is 3.93. The van der Waals surface area contributed by atoms with Gasteiger partial charge in [-0.1, -0.05) is 12.1 Å². The summed E-state index contributed by atoms with van der Waals surface area (Å²) in [6.45, 7) is 6.30. The molecule has 0 aliphatic carbocycles. The zero-order valence-electron chi connectivity index (χ0n) is 15.3. The van der Waals surface area contributed by atoms with Crippen molar-refractivity contribution in [1.82, 2.24) is 19.7 Å². The van der Waals surface area contributed by atoms with E-state index in [1.165, 1.54) is 5.56 Å². The van der Waals surface area contributed by atoms with E-state index in [1.807, 2.05) is 39.0 Å². The first-order valence-electron chi connectivity index (χ1n) is 8.38. The number of amides is 1. The van der Waals surface area contributed by atoms with Gasteiger partial charge in [0.15, 0.2) is 0 Å². The number of H-pyrrole nitrogens is 1. The van der Waals surface area contributed by atoms with Crippen LogP contribution in [0, 0.1) is 13.8 Å². The molecule has 1 amide bonds. The normalized spacial score (nSPS) is 12.3. The number of hydrogen-bond acceptors (Lipinski definition) is 4. The quantitative estimate of drug-likeness (QED) is 0.734. The van der Waals surface area contributed by atoms with Crippen molar-refractivity contribution in [3.05, 3.63) is 57.8 Å². The van der Waals surface area contributed by atoms with Gasteiger partial charge in [0.25, 0.3) is 11.5 Å². The Balaban J connectivity index is 1.97. The molecule has 0 bridgehead atoms. The van der Waals surface area contributed by atoms with Crippen molar-refractivity contribution < 1.29 is 9.53 Å². The highest BCUT2D eigenvalue weighted by atomic mass is 16.5. The highest BCUT2D eigenvalue weighted by Crippen LogP contribution is 2.19. The average molecular weight is 354 g/mol. The lowest BCUT2D eigenvalue weighted by Crippen LogP contribution is -2.35.